The number of rotatable bonds is 2. The third-order valence-electron chi connectivity index (χ3n) is 6.20. The van der Waals surface area contributed by atoms with Crippen LogP contribution in [0.25, 0.3) is 0 Å². The fourth-order valence-electron chi connectivity index (χ4n) is 4.90. The Kier molecular flexibility index (Phi) is 13.3. The van der Waals surface area contributed by atoms with Gasteiger partial charge in [0.25, 0.3) is 0 Å². The van der Waals surface area contributed by atoms with E-state index < -0.39 is 0 Å². The van der Waals surface area contributed by atoms with E-state index in [1.807, 2.05) is 0 Å². The van der Waals surface area contributed by atoms with Gasteiger partial charge in [0.2, 0.25) is 0 Å². The fraction of sp³-hybridized carbons (Fsp3) is 0.242. The monoisotopic (exact) mass is 652 g/mol. The number of allylic oxidation sites excluding steroid dienone is 12. The molecule has 0 bridgehead atoms. The summed E-state index contributed by atoms with van der Waals surface area (Å²) in [7, 11) is -0.459. The van der Waals surface area contributed by atoms with Gasteiger partial charge < -0.3 is 24.8 Å². The predicted octanol–water partition coefficient (Wildman–Crippen LogP) is 2.70. The van der Waals surface area contributed by atoms with Crippen molar-refractivity contribution < 1.29 is 49.0 Å². The van der Waals surface area contributed by atoms with Crippen LogP contribution in [-0.2, 0) is 24.2 Å². The number of benzene rings is 2. The molecule has 2 heterocycles. The molecule has 196 valence electrons. The van der Waals surface area contributed by atoms with Crippen LogP contribution in [0.1, 0.15) is 41.5 Å². The van der Waals surface area contributed by atoms with E-state index in [0.717, 1.165) is 0 Å². The Labute approximate surface area is 259 Å². The third kappa shape index (κ3) is 8.06. The molecule has 2 aromatic rings. The van der Waals surface area contributed by atoms with Crippen molar-refractivity contribution in [1.29, 1.82) is 0 Å². The van der Waals surface area contributed by atoms with Crippen LogP contribution in [0.3, 0.4) is 0 Å². The molecule has 5 heteroatoms. The van der Waals surface area contributed by atoms with Crippen LogP contribution in [0.5, 0.6) is 0 Å². The fourth-order valence-corrected chi connectivity index (χ4v) is 10.1. The number of fused-ring (bicyclic) bond motifs is 2. The maximum absolute atomic E-state index is 3.51. The summed E-state index contributed by atoms with van der Waals surface area (Å²) in [5, 5.41) is 9.12. The summed E-state index contributed by atoms with van der Waals surface area (Å²) in [4.78, 5) is 0. The Morgan fingerprint density at radius 1 is 0.632 bits per heavy atom. The Morgan fingerprint density at radius 3 is 1.26 bits per heavy atom. The minimum absolute atomic E-state index is 0. The van der Waals surface area contributed by atoms with Crippen LogP contribution in [0.15, 0.2) is 117 Å². The summed E-state index contributed by atoms with van der Waals surface area (Å²) in [6, 6.07) is 21.7. The first kappa shape index (κ1) is 33.3. The molecular weight excluding hydrogens is 620 g/mol. The van der Waals surface area contributed by atoms with Crippen LogP contribution in [0.2, 0.25) is 0 Å². The normalized spacial score (nSPS) is 23.7. The van der Waals surface area contributed by atoms with E-state index in [-0.39, 0.29) is 40.7 Å². The topological polar surface area (TPSA) is 0 Å². The van der Waals surface area contributed by atoms with Gasteiger partial charge in [0.05, 0.1) is 0 Å². The van der Waals surface area contributed by atoms with Gasteiger partial charge in [-0.3, -0.25) is 12.2 Å². The maximum Gasteiger partial charge on any atom is -1.00 e. The molecule has 0 saturated heterocycles. The maximum atomic E-state index is 3.51. The Morgan fingerprint density at radius 2 is 0.947 bits per heavy atom. The van der Waals surface area contributed by atoms with E-state index in [9.17, 15) is 0 Å². The molecule has 0 radical (unpaired) electrons. The summed E-state index contributed by atoms with van der Waals surface area (Å²) in [5.74, 6) is 0.928. The Hall–Kier alpha value is -0.927. The SMILES string of the molecule is CC1=[C-]C2C=C(C)P(c3ccccc3)C2=C1.CC1=[C-]C2C=C(C)P(c3ccccc3)C2=C1.C[C](C)=[Zr+2].[Cl-].[Cl-]. The Bertz CT molecular complexity index is 1220. The van der Waals surface area contributed by atoms with Gasteiger partial charge >= 0.3 is 41.3 Å². The second-order valence-electron chi connectivity index (χ2n) is 9.71. The van der Waals surface area contributed by atoms with Gasteiger partial charge in [0.15, 0.2) is 0 Å². The van der Waals surface area contributed by atoms with E-state index in [4.69, 9.17) is 0 Å². The molecule has 6 rings (SSSR count). The van der Waals surface area contributed by atoms with E-state index in [2.05, 4.69) is 139 Å². The zero-order valence-electron chi connectivity index (χ0n) is 22.9. The summed E-state index contributed by atoms with van der Waals surface area (Å²) < 4.78 is 1.51. The molecule has 2 aliphatic heterocycles. The first-order valence-electron chi connectivity index (χ1n) is 12.5. The third-order valence-corrected chi connectivity index (χ3v) is 11.4. The molecule has 38 heavy (non-hydrogen) atoms. The van der Waals surface area contributed by atoms with Crippen molar-refractivity contribution in [3.63, 3.8) is 0 Å². The predicted molar refractivity (Wildman–Crippen MR) is 158 cm³/mol. The zero-order chi connectivity index (χ0) is 25.8. The van der Waals surface area contributed by atoms with Crippen molar-refractivity contribution >= 4 is 29.7 Å². The minimum atomic E-state index is -0.230. The smallest absolute Gasteiger partial charge is 1.00 e. The van der Waals surface area contributed by atoms with Crippen LogP contribution in [-0.4, -0.2) is 3.21 Å². The van der Waals surface area contributed by atoms with E-state index >= 15 is 0 Å². The molecule has 0 spiro atoms. The summed E-state index contributed by atoms with van der Waals surface area (Å²) >= 11 is 1.55. The molecular formula is C33H34Cl2P2Zr-2. The van der Waals surface area contributed by atoms with Crippen LogP contribution in [0, 0.1) is 24.0 Å². The number of hydrogen-bond acceptors (Lipinski definition) is 0. The van der Waals surface area contributed by atoms with Crippen molar-refractivity contribution in [2.24, 2.45) is 11.8 Å². The van der Waals surface area contributed by atoms with Crippen molar-refractivity contribution in [3.8, 4) is 0 Å². The molecule has 0 fully saturated rings. The quantitative estimate of drug-likeness (QED) is 0.346. The molecule has 0 saturated carbocycles. The largest absolute Gasteiger partial charge is 1.00 e. The summed E-state index contributed by atoms with van der Waals surface area (Å²) in [5.41, 5.74) is 2.60. The van der Waals surface area contributed by atoms with Gasteiger partial charge in [-0.2, -0.15) is 0 Å². The molecule has 0 amide bonds. The second-order valence-corrected chi connectivity index (χ2v) is 17.0. The van der Waals surface area contributed by atoms with Crippen LogP contribution >= 0.6 is 15.8 Å². The standard InChI is InChI=1S/2C15H14P.C3H6.2ClH.Zr/c2*1-11-8-13-10-12(2)16(15(13)9-11)14-6-4-3-5-7-14;1-3-2;;;/h2*3-7,9-10,13H,1-2H3;1-2H3;2*1H;/q2*-1;;;;+2/p-2. The van der Waals surface area contributed by atoms with Crippen LogP contribution < -0.4 is 35.4 Å². The molecule has 0 aromatic heterocycles. The molecule has 2 aliphatic carbocycles. The van der Waals surface area contributed by atoms with Crippen molar-refractivity contribution in [2.75, 3.05) is 0 Å². The molecule has 2 aromatic carbocycles. The second kappa shape index (κ2) is 15.2. The summed E-state index contributed by atoms with van der Waals surface area (Å²) in [6.07, 6.45) is 16.4. The summed E-state index contributed by atoms with van der Waals surface area (Å²) in [6.45, 7) is 13.1. The molecule has 4 aliphatic rings. The van der Waals surface area contributed by atoms with Crippen molar-refractivity contribution in [1.82, 2.24) is 0 Å². The van der Waals surface area contributed by atoms with Gasteiger partial charge in [-0.25, -0.2) is 23.3 Å². The van der Waals surface area contributed by atoms with Gasteiger partial charge in [0, 0.05) is 0 Å². The minimum Gasteiger partial charge on any atom is -1.00 e. The van der Waals surface area contributed by atoms with Crippen LogP contribution in [0.4, 0.5) is 0 Å². The first-order valence-corrected chi connectivity index (χ1v) is 16.4. The molecule has 0 N–H and O–H groups in total. The van der Waals surface area contributed by atoms with Gasteiger partial charge in [-0.1, -0.05) is 98.5 Å². The van der Waals surface area contributed by atoms with Gasteiger partial charge in [0.1, 0.15) is 0 Å². The number of hydrogen-bond donors (Lipinski definition) is 0. The van der Waals surface area contributed by atoms with E-state index in [1.165, 1.54) is 35.6 Å². The van der Waals surface area contributed by atoms with Crippen molar-refractivity contribution in [3.05, 3.63) is 130 Å². The Balaban J connectivity index is 0.000000224. The van der Waals surface area contributed by atoms with Gasteiger partial charge in [-0.05, 0) is 50.9 Å². The molecule has 4 unspecified atom stereocenters. The van der Waals surface area contributed by atoms with E-state index in [1.54, 1.807) is 34.9 Å². The average Bonchev–Trinajstić information content (AvgIpc) is 3.52. The zero-order valence-corrected chi connectivity index (χ0v) is 28.6. The molecule has 0 nitrogen and oxygen atoms in total. The van der Waals surface area contributed by atoms with Gasteiger partial charge in [-0.15, -0.1) is 10.6 Å². The van der Waals surface area contributed by atoms with E-state index in [0.29, 0.717) is 11.8 Å². The molecule has 4 atom stereocenters. The first-order chi connectivity index (χ1) is 17.2. The average molecular weight is 655 g/mol. The van der Waals surface area contributed by atoms with Crippen molar-refractivity contribution in [2.45, 2.75) is 41.5 Å². The number of halogens is 2.